The molecule has 1 aliphatic rings. The first-order valence-electron chi connectivity index (χ1n) is 6.60. The van der Waals surface area contributed by atoms with Crippen molar-refractivity contribution in [2.75, 3.05) is 0 Å². The molecular formula is C15H14Cl2N2O. The van der Waals surface area contributed by atoms with Crippen molar-refractivity contribution in [1.29, 1.82) is 0 Å². The van der Waals surface area contributed by atoms with Crippen LogP contribution < -0.4 is 0 Å². The van der Waals surface area contributed by atoms with Crippen LogP contribution in [0.2, 0.25) is 10.0 Å². The van der Waals surface area contributed by atoms with Crippen LogP contribution in [-0.4, -0.2) is 16.1 Å². The Kier molecular flexibility index (Phi) is 3.57. The maximum atomic E-state index is 11.3. The Bertz CT molecular complexity index is 662. The summed E-state index contributed by atoms with van der Waals surface area (Å²) in [4.78, 5) is 11.3. The molecule has 104 valence electrons. The molecule has 1 heterocycles. The number of aromatic nitrogens is 2. The molecule has 0 radical (unpaired) electrons. The zero-order valence-electron chi connectivity index (χ0n) is 11.0. The highest BCUT2D eigenvalue weighted by atomic mass is 35.5. The Morgan fingerprint density at radius 1 is 1.40 bits per heavy atom. The van der Waals surface area contributed by atoms with Crippen LogP contribution in [0.5, 0.6) is 0 Å². The van der Waals surface area contributed by atoms with E-state index in [-0.39, 0.29) is 0 Å². The van der Waals surface area contributed by atoms with Crippen LogP contribution in [0.15, 0.2) is 24.4 Å². The summed E-state index contributed by atoms with van der Waals surface area (Å²) in [5.74, 6) is 0.664. The van der Waals surface area contributed by atoms with Gasteiger partial charge in [0, 0.05) is 16.8 Å². The van der Waals surface area contributed by atoms with Crippen molar-refractivity contribution in [3.05, 3.63) is 40.0 Å². The maximum absolute atomic E-state index is 11.3. The SMILES string of the molecule is CC(C1CC1)n1cc(C=O)c(-c2cc(Cl)ccc2Cl)n1. The first kappa shape index (κ1) is 13.7. The quantitative estimate of drug-likeness (QED) is 0.771. The number of aldehydes is 1. The third-order valence-corrected chi connectivity index (χ3v) is 4.36. The van der Waals surface area contributed by atoms with E-state index in [1.165, 1.54) is 12.8 Å². The fourth-order valence-electron chi connectivity index (χ4n) is 2.38. The van der Waals surface area contributed by atoms with Gasteiger partial charge in [-0.05, 0) is 43.9 Å². The number of benzene rings is 1. The van der Waals surface area contributed by atoms with Gasteiger partial charge in [0.2, 0.25) is 0 Å². The van der Waals surface area contributed by atoms with Crippen LogP contribution in [0.4, 0.5) is 0 Å². The molecule has 1 fully saturated rings. The van der Waals surface area contributed by atoms with Crippen molar-refractivity contribution in [2.45, 2.75) is 25.8 Å². The van der Waals surface area contributed by atoms with Crippen LogP contribution in [-0.2, 0) is 0 Å². The molecule has 20 heavy (non-hydrogen) atoms. The summed E-state index contributed by atoms with van der Waals surface area (Å²) < 4.78 is 1.87. The van der Waals surface area contributed by atoms with Gasteiger partial charge >= 0.3 is 0 Å². The van der Waals surface area contributed by atoms with Crippen molar-refractivity contribution in [1.82, 2.24) is 9.78 Å². The predicted molar refractivity (Wildman–Crippen MR) is 80.5 cm³/mol. The third-order valence-electron chi connectivity index (χ3n) is 3.79. The lowest BCUT2D eigenvalue weighted by Crippen LogP contribution is -2.07. The minimum Gasteiger partial charge on any atom is -0.298 e. The average Bonchev–Trinajstić information content (AvgIpc) is 3.20. The van der Waals surface area contributed by atoms with E-state index in [2.05, 4.69) is 12.0 Å². The molecule has 1 saturated carbocycles. The molecule has 1 aromatic carbocycles. The molecule has 2 aromatic rings. The van der Waals surface area contributed by atoms with Gasteiger partial charge in [-0.15, -0.1) is 0 Å². The van der Waals surface area contributed by atoms with E-state index in [1.54, 1.807) is 24.4 Å². The van der Waals surface area contributed by atoms with E-state index in [4.69, 9.17) is 23.2 Å². The molecule has 1 aromatic heterocycles. The molecule has 0 saturated heterocycles. The van der Waals surface area contributed by atoms with Crippen LogP contribution in [0.3, 0.4) is 0 Å². The van der Waals surface area contributed by atoms with Gasteiger partial charge in [0.25, 0.3) is 0 Å². The summed E-state index contributed by atoms with van der Waals surface area (Å²) in [6.07, 6.45) is 5.06. The number of hydrogen-bond acceptors (Lipinski definition) is 2. The van der Waals surface area contributed by atoms with Crippen LogP contribution in [0.1, 0.15) is 36.2 Å². The lowest BCUT2D eigenvalue weighted by Gasteiger charge is -2.10. The molecule has 0 bridgehead atoms. The minimum atomic E-state index is 0.306. The summed E-state index contributed by atoms with van der Waals surface area (Å²) in [6.45, 7) is 2.13. The fourth-order valence-corrected chi connectivity index (χ4v) is 2.76. The first-order chi connectivity index (χ1) is 9.60. The third kappa shape index (κ3) is 2.48. The maximum Gasteiger partial charge on any atom is 0.153 e. The number of nitrogens with zero attached hydrogens (tertiary/aromatic N) is 2. The average molecular weight is 309 g/mol. The van der Waals surface area contributed by atoms with Gasteiger partial charge in [-0.1, -0.05) is 23.2 Å². The summed E-state index contributed by atoms with van der Waals surface area (Å²) in [7, 11) is 0. The molecule has 3 rings (SSSR count). The number of carbonyl (C=O) groups excluding carboxylic acids is 1. The first-order valence-corrected chi connectivity index (χ1v) is 7.35. The van der Waals surface area contributed by atoms with Crippen molar-refractivity contribution in [2.24, 2.45) is 5.92 Å². The van der Waals surface area contributed by atoms with E-state index in [1.807, 2.05) is 4.68 Å². The van der Waals surface area contributed by atoms with Gasteiger partial charge in [-0.25, -0.2) is 0 Å². The van der Waals surface area contributed by atoms with Crippen LogP contribution >= 0.6 is 23.2 Å². The fraction of sp³-hybridized carbons (Fsp3) is 0.333. The van der Waals surface area contributed by atoms with Gasteiger partial charge in [0.15, 0.2) is 6.29 Å². The summed E-state index contributed by atoms with van der Waals surface area (Å²) in [6, 6.07) is 5.49. The Hall–Kier alpha value is -1.32. The molecule has 1 atom stereocenters. The molecule has 1 unspecified atom stereocenters. The number of hydrogen-bond donors (Lipinski definition) is 0. The second-order valence-corrected chi connectivity index (χ2v) is 6.08. The summed E-state index contributed by atoms with van der Waals surface area (Å²) >= 11 is 12.2. The summed E-state index contributed by atoms with van der Waals surface area (Å²) in [5, 5.41) is 5.68. The van der Waals surface area contributed by atoms with E-state index in [0.717, 1.165) is 6.29 Å². The zero-order valence-corrected chi connectivity index (χ0v) is 12.5. The number of rotatable bonds is 4. The molecular weight excluding hydrogens is 295 g/mol. The highest BCUT2D eigenvalue weighted by molar-refractivity contribution is 6.35. The Morgan fingerprint density at radius 2 is 2.15 bits per heavy atom. The lowest BCUT2D eigenvalue weighted by atomic mass is 10.1. The van der Waals surface area contributed by atoms with Crippen molar-refractivity contribution >= 4 is 29.5 Å². The topological polar surface area (TPSA) is 34.9 Å². The second kappa shape index (κ2) is 5.23. The standard InChI is InChI=1S/C15H14Cl2N2O/c1-9(10-2-3-10)19-7-11(8-20)15(18-19)13-6-12(16)4-5-14(13)17/h4-10H,2-3H2,1H3. The molecule has 1 aliphatic carbocycles. The number of halogens is 2. The van der Waals surface area contributed by atoms with Gasteiger partial charge in [0.05, 0.1) is 16.6 Å². The lowest BCUT2D eigenvalue weighted by molar-refractivity contribution is 0.112. The monoisotopic (exact) mass is 308 g/mol. The normalized spacial score (nSPS) is 16.1. The van der Waals surface area contributed by atoms with E-state index in [9.17, 15) is 4.79 Å². The Balaban J connectivity index is 2.07. The van der Waals surface area contributed by atoms with Gasteiger partial charge < -0.3 is 0 Å². The molecule has 0 amide bonds. The van der Waals surface area contributed by atoms with E-state index >= 15 is 0 Å². The molecule has 5 heteroatoms. The van der Waals surface area contributed by atoms with E-state index < -0.39 is 0 Å². The van der Waals surface area contributed by atoms with E-state index in [0.29, 0.717) is 38.8 Å². The van der Waals surface area contributed by atoms with Gasteiger partial charge in [-0.3, -0.25) is 9.48 Å². The highest BCUT2D eigenvalue weighted by Crippen LogP contribution is 2.40. The largest absolute Gasteiger partial charge is 0.298 e. The zero-order chi connectivity index (χ0) is 14.3. The minimum absolute atomic E-state index is 0.306. The molecule has 0 N–H and O–H groups in total. The molecule has 3 nitrogen and oxygen atoms in total. The second-order valence-electron chi connectivity index (χ2n) is 5.23. The van der Waals surface area contributed by atoms with Crippen LogP contribution in [0.25, 0.3) is 11.3 Å². The molecule has 0 spiro atoms. The molecule has 0 aliphatic heterocycles. The number of carbonyl (C=O) groups is 1. The van der Waals surface area contributed by atoms with Gasteiger partial charge in [-0.2, -0.15) is 5.10 Å². The predicted octanol–water partition coefficient (Wildman–Crippen LogP) is 4.64. The van der Waals surface area contributed by atoms with Crippen LogP contribution in [0, 0.1) is 5.92 Å². The van der Waals surface area contributed by atoms with Gasteiger partial charge in [0.1, 0.15) is 5.69 Å². The van der Waals surface area contributed by atoms with Crippen molar-refractivity contribution in [3.8, 4) is 11.3 Å². The van der Waals surface area contributed by atoms with Crippen molar-refractivity contribution in [3.63, 3.8) is 0 Å². The Labute approximate surface area is 127 Å². The Morgan fingerprint density at radius 3 is 2.80 bits per heavy atom. The van der Waals surface area contributed by atoms with Crippen molar-refractivity contribution < 1.29 is 4.79 Å². The highest BCUT2D eigenvalue weighted by Gasteiger charge is 2.30. The summed E-state index contributed by atoms with van der Waals surface area (Å²) in [5.41, 5.74) is 1.84. The smallest absolute Gasteiger partial charge is 0.153 e.